The average molecular weight is 267 g/mol. The SMILES string of the molecule is COC(=O)CN(C)CCc1cc(OC)ccc1OC. The van der Waals surface area contributed by atoms with Crippen LogP contribution in [0, 0.1) is 0 Å². The lowest BCUT2D eigenvalue weighted by Crippen LogP contribution is -2.28. The second-order valence-corrected chi connectivity index (χ2v) is 4.24. The molecule has 0 aliphatic rings. The summed E-state index contributed by atoms with van der Waals surface area (Å²) in [6, 6.07) is 5.69. The van der Waals surface area contributed by atoms with Crippen LogP contribution >= 0.6 is 0 Å². The highest BCUT2D eigenvalue weighted by molar-refractivity contribution is 5.71. The summed E-state index contributed by atoms with van der Waals surface area (Å²) in [5.41, 5.74) is 1.05. The van der Waals surface area contributed by atoms with Crippen molar-refractivity contribution in [1.29, 1.82) is 0 Å². The lowest BCUT2D eigenvalue weighted by atomic mass is 10.1. The first-order chi connectivity index (χ1) is 9.10. The summed E-state index contributed by atoms with van der Waals surface area (Å²) in [5, 5.41) is 0. The zero-order chi connectivity index (χ0) is 14.3. The predicted octanol–water partition coefficient (Wildman–Crippen LogP) is 1.35. The highest BCUT2D eigenvalue weighted by Gasteiger charge is 2.09. The Kier molecular flexibility index (Phi) is 6.15. The van der Waals surface area contributed by atoms with Crippen molar-refractivity contribution in [3.8, 4) is 11.5 Å². The minimum Gasteiger partial charge on any atom is -0.497 e. The second-order valence-electron chi connectivity index (χ2n) is 4.24. The number of methoxy groups -OCH3 is 3. The maximum atomic E-state index is 11.1. The van der Waals surface area contributed by atoms with Gasteiger partial charge in [0.2, 0.25) is 0 Å². The van der Waals surface area contributed by atoms with Crippen molar-refractivity contribution >= 4 is 5.97 Å². The van der Waals surface area contributed by atoms with Gasteiger partial charge in [-0.25, -0.2) is 0 Å². The molecule has 0 bridgehead atoms. The first-order valence-corrected chi connectivity index (χ1v) is 6.07. The van der Waals surface area contributed by atoms with E-state index in [0.717, 1.165) is 30.0 Å². The molecule has 0 atom stereocenters. The molecular formula is C14H21NO4. The van der Waals surface area contributed by atoms with Crippen LogP contribution in [0.5, 0.6) is 11.5 Å². The number of nitrogens with zero attached hydrogens (tertiary/aromatic N) is 1. The van der Waals surface area contributed by atoms with Gasteiger partial charge in [0, 0.05) is 6.54 Å². The third-order valence-electron chi connectivity index (χ3n) is 2.88. The molecule has 0 aliphatic heterocycles. The Balaban J connectivity index is 2.62. The van der Waals surface area contributed by atoms with E-state index in [1.807, 2.05) is 30.1 Å². The van der Waals surface area contributed by atoms with Crippen molar-refractivity contribution in [1.82, 2.24) is 4.90 Å². The molecule has 0 unspecified atom stereocenters. The third-order valence-corrected chi connectivity index (χ3v) is 2.88. The number of ether oxygens (including phenoxy) is 3. The topological polar surface area (TPSA) is 48.0 Å². The van der Waals surface area contributed by atoms with Crippen LogP contribution in [-0.4, -0.2) is 52.3 Å². The number of carbonyl (C=O) groups is 1. The first kappa shape index (κ1) is 15.3. The molecule has 1 aromatic carbocycles. The Morgan fingerprint density at radius 1 is 1.21 bits per heavy atom. The highest BCUT2D eigenvalue weighted by Crippen LogP contribution is 2.24. The molecule has 106 valence electrons. The van der Waals surface area contributed by atoms with E-state index in [4.69, 9.17) is 9.47 Å². The number of hydrogen-bond donors (Lipinski definition) is 0. The Hall–Kier alpha value is -1.75. The Labute approximate surface area is 114 Å². The molecule has 0 aromatic heterocycles. The zero-order valence-electron chi connectivity index (χ0n) is 11.9. The van der Waals surface area contributed by atoms with E-state index in [1.54, 1.807) is 14.2 Å². The molecule has 0 spiro atoms. The number of esters is 1. The summed E-state index contributed by atoms with van der Waals surface area (Å²) in [7, 11) is 6.54. The monoisotopic (exact) mass is 267 g/mol. The highest BCUT2D eigenvalue weighted by atomic mass is 16.5. The molecule has 0 N–H and O–H groups in total. The van der Waals surface area contributed by atoms with E-state index in [2.05, 4.69) is 4.74 Å². The molecule has 5 nitrogen and oxygen atoms in total. The van der Waals surface area contributed by atoms with Gasteiger partial charge in [-0.05, 0) is 37.2 Å². The van der Waals surface area contributed by atoms with Crippen LogP contribution in [0.3, 0.4) is 0 Å². The van der Waals surface area contributed by atoms with Gasteiger partial charge in [0.15, 0.2) is 0 Å². The zero-order valence-corrected chi connectivity index (χ0v) is 11.9. The number of likely N-dealkylation sites (N-methyl/N-ethyl adjacent to an activating group) is 1. The predicted molar refractivity (Wildman–Crippen MR) is 72.8 cm³/mol. The van der Waals surface area contributed by atoms with E-state index in [1.165, 1.54) is 7.11 Å². The van der Waals surface area contributed by atoms with E-state index in [0.29, 0.717) is 0 Å². The van der Waals surface area contributed by atoms with Gasteiger partial charge in [-0.3, -0.25) is 9.69 Å². The van der Waals surface area contributed by atoms with Crippen LogP contribution in [0.2, 0.25) is 0 Å². The molecule has 0 saturated heterocycles. The average Bonchev–Trinajstić information content (AvgIpc) is 2.44. The summed E-state index contributed by atoms with van der Waals surface area (Å²) in [5.74, 6) is 1.39. The molecule has 19 heavy (non-hydrogen) atoms. The van der Waals surface area contributed by atoms with E-state index < -0.39 is 0 Å². The van der Waals surface area contributed by atoms with E-state index >= 15 is 0 Å². The lowest BCUT2D eigenvalue weighted by molar-refractivity contribution is -0.141. The fourth-order valence-corrected chi connectivity index (χ4v) is 1.75. The van der Waals surface area contributed by atoms with Crippen LogP contribution in [-0.2, 0) is 16.0 Å². The maximum Gasteiger partial charge on any atom is 0.319 e. The lowest BCUT2D eigenvalue weighted by Gasteiger charge is -2.16. The van der Waals surface area contributed by atoms with Gasteiger partial charge in [0.05, 0.1) is 27.9 Å². The summed E-state index contributed by atoms with van der Waals surface area (Å²) in [6.45, 7) is 1.02. The van der Waals surface area contributed by atoms with Crippen molar-refractivity contribution in [2.75, 3.05) is 41.5 Å². The molecule has 0 aliphatic carbocycles. The number of benzene rings is 1. The van der Waals surface area contributed by atoms with Crippen molar-refractivity contribution in [3.63, 3.8) is 0 Å². The standard InChI is InChI=1S/C14H21NO4/c1-15(10-14(16)19-4)8-7-11-9-12(17-2)5-6-13(11)18-3/h5-6,9H,7-8,10H2,1-4H3. The van der Waals surface area contributed by atoms with Gasteiger partial charge in [-0.1, -0.05) is 0 Å². The Bertz CT molecular complexity index is 420. The van der Waals surface area contributed by atoms with Gasteiger partial charge in [0.25, 0.3) is 0 Å². The molecule has 0 radical (unpaired) electrons. The van der Waals surface area contributed by atoms with Gasteiger partial charge in [-0.15, -0.1) is 0 Å². The molecule has 5 heteroatoms. The minimum absolute atomic E-state index is 0.236. The summed E-state index contributed by atoms with van der Waals surface area (Å²) >= 11 is 0. The Morgan fingerprint density at radius 3 is 2.53 bits per heavy atom. The fourth-order valence-electron chi connectivity index (χ4n) is 1.75. The van der Waals surface area contributed by atoms with Gasteiger partial charge >= 0.3 is 5.97 Å². The molecule has 1 aromatic rings. The number of carbonyl (C=O) groups excluding carboxylic acids is 1. The smallest absolute Gasteiger partial charge is 0.319 e. The molecule has 0 amide bonds. The summed E-state index contributed by atoms with van der Waals surface area (Å²) in [4.78, 5) is 13.1. The number of hydrogen-bond acceptors (Lipinski definition) is 5. The molecule has 0 heterocycles. The van der Waals surface area contributed by atoms with Gasteiger partial charge < -0.3 is 14.2 Å². The molecule has 1 rings (SSSR count). The van der Waals surface area contributed by atoms with Crippen molar-refractivity contribution < 1.29 is 19.0 Å². The third kappa shape index (κ3) is 4.79. The second kappa shape index (κ2) is 7.63. The molecular weight excluding hydrogens is 246 g/mol. The first-order valence-electron chi connectivity index (χ1n) is 6.07. The van der Waals surface area contributed by atoms with Crippen LogP contribution in [0.25, 0.3) is 0 Å². The van der Waals surface area contributed by atoms with Gasteiger partial charge in [0.1, 0.15) is 11.5 Å². The Morgan fingerprint density at radius 2 is 1.95 bits per heavy atom. The van der Waals surface area contributed by atoms with E-state index in [-0.39, 0.29) is 12.5 Å². The molecule has 0 saturated carbocycles. The quantitative estimate of drug-likeness (QED) is 0.698. The fraction of sp³-hybridized carbons (Fsp3) is 0.500. The van der Waals surface area contributed by atoms with Crippen LogP contribution in [0.1, 0.15) is 5.56 Å². The van der Waals surface area contributed by atoms with Crippen molar-refractivity contribution in [2.24, 2.45) is 0 Å². The van der Waals surface area contributed by atoms with E-state index in [9.17, 15) is 4.79 Å². The van der Waals surface area contributed by atoms with Crippen molar-refractivity contribution in [2.45, 2.75) is 6.42 Å². The van der Waals surface area contributed by atoms with Gasteiger partial charge in [-0.2, -0.15) is 0 Å². The van der Waals surface area contributed by atoms with Crippen LogP contribution in [0.4, 0.5) is 0 Å². The van der Waals surface area contributed by atoms with Crippen molar-refractivity contribution in [3.05, 3.63) is 23.8 Å². The normalized spacial score (nSPS) is 10.4. The largest absolute Gasteiger partial charge is 0.497 e. The number of rotatable bonds is 7. The summed E-state index contributed by atoms with van der Waals surface area (Å²) in [6.07, 6.45) is 0.772. The van der Waals surface area contributed by atoms with Crippen LogP contribution < -0.4 is 9.47 Å². The van der Waals surface area contributed by atoms with Crippen LogP contribution in [0.15, 0.2) is 18.2 Å². The summed E-state index contributed by atoms with van der Waals surface area (Å²) < 4.78 is 15.1. The minimum atomic E-state index is -0.236. The molecule has 0 fully saturated rings. The maximum absolute atomic E-state index is 11.1.